The molecule has 78 valence electrons. The second kappa shape index (κ2) is 5.19. The van der Waals surface area contributed by atoms with Crippen LogP contribution in [0.15, 0.2) is 0 Å². The van der Waals surface area contributed by atoms with E-state index in [1.807, 2.05) is 20.8 Å². The van der Waals surface area contributed by atoms with E-state index in [1.165, 1.54) is 0 Å². The summed E-state index contributed by atoms with van der Waals surface area (Å²) < 4.78 is 0. The predicted octanol–water partition coefficient (Wildman–Crippen LogP) is -0.128. The molecule has 1 amide bonds. The summed E-state index contributed by atoms with van der Waals surface area (Å²) in [6, 6.07) is 0. The summed E-state index contributed by atoms with van der Waals surface area (Å²) in [7, 11) is 0. The highest BCUT2D eigenvalue weighted by atomic mass is 16.3. The van der Waals surface area contributed by atoms with E-state index in [0.29, 0.717) is 6.54 Å². The Balaban J connectivity index is 3.94. The van der Waals surface area contributed by atoms with Gasteiger partial charge in [-0.3, -0.25) is 4.79 Å². The Morgan fingerprint density at radius 1 is 1.54 bits per heavy atom. The van der Waals surface area contributed by atoms with Crippen LogP contribution in [0.5, 0.6) is 0 Å². The molecule has 4 nitrogen and oxygen atoms in total. The monoisotopic (exact) mass is 188 g/mol. The third-order valence-corrected chi connectivity index (χ3v) is 1.74. The molecule has 0 aliphatic heterocycles. The number of aliphatic hydroxyl groups excluding tert-OH is 1. The summed E-state index contributed by atoms with van der Waals surface area (Å²) >= 11 is 0. The van der Waals surface area contributed by atoms with Gasteiger partial charge in [-0.25, -0.2) is 0 Å². The minimum absolute atomic E-state index is 0.0877. The quantitative estimate of drug-likeness (QED) is 0.563. The average Bonchev–Trinajstić information content (AvgIpc) is 1.99. The van der Waals surface area contributed by atoms with Crippen LogP contribution in [0.4, 0.5) is 0 Å². The molecule has 3 N–H and O–H groups in total. The maximum Gasteiger partial charge on any atom is 0.239 e. The first-order chi connectivity index (χ1) is 5.90. The van der Waals surface area contributed by atoms with Gasteiger partial charge in [0, 0.05) is 6.54 Å². The van der Waals surface area contributed by atoms with Crippen LogP contribution in [0.2, 0.25) is 0 Å². The first-order valence-corrected chi connectivity index (χ1v) is 4.61. The smallest absolute Gasteiger partial charge is 0.239 e. The second-order valence-corrected chi connectivity index (χ2v) is 3.71. The van der Waals surface area contributed by atoms with Gasteiger partial charge in [-0.15, -0.1) is 0 Å². The minimum atomic E-state index is -0.566. The SMILES string of the molecule is CCNC(C)(C)C(=O)NC[C@@H](C)O. The van der Waals surface area contributed by atoms with Gasteiger partial charge in [-0.1, -0.05) is 6.92 Å². The molecule has 13 heavy (non-hydrogen) atoms. The molecule has 0 rings (SSSR count). The molecular weight excluding hydrogens is 168 g/mol. The lowest BCUT2D eigenvalue weighted by atomic mass is 10.0. The van der Waals surface area contributed by atoms with Gasteiger partial charge in [-0.05, 0) is 27.3 Å². The Hall–Kier alpha value is -0.610. The molecule has 0 aliphatic rings. The standard InChI is InChI=1S/C9H20N2O2/c1-5-11-9(3,4)8(13)10-6-7(2)12/h7,11-12H,5-6H2,1-4H3,(H,10,13)/t7-/m1/s1. The van der Waals surface area contributed by atoms with Crippen molar-refractivity contribution in [2.75, 3.05) is 13.1 Å². The number of carbonyl (C=O) groups excluding carboxylic acids is 1. The van der Waals surface area contributed by atoms with E-state index in [4.69, 9.17) is 5.11 Å². The Kier molecular flexibility index (Phi) is 4.95. The number of nitrogens with one attached hydrogen (secondary N) is 2. The molecule has 0 radical (unpaired) electrons. The maximum absolute atomic E-state index is 11.5. The number of hydrogen-bond acceptors (Lipinski definition) is 3. The topological polar surface area (TPSA) is 61.4 Å². The lowest BCUT2D eigenvalue weighted by Crippen LogP contribution is -2.53. The van der Waals surface area contributed by atoms with Gasteiger partial charge < -0.3 is 15.7 Å². The van der Waals surface area contributed by atoms with Gasteiger partial charge in [0.1, 0.15) is 0 Å². The summed E-state index contributed by atoms with van der Waals surface area (Å²) in [4.78, 5) is 11.5. The number of rotatable bonds is 5. The summed E-state index contributed by atoms with van der Waals surface area (Å²) in [5, 5.41) is 14.7. The van der Waals surface area contributed by atoms with E-state index in [9.17, 15) is 4.79 Å². The molecule has 0 saturated heterocycles. The number of carbonyl (C=O) groups is 1. The Morgan fingerprint density at radius 3 is 2.46 bits per heavy atom. The number of amides is 1. The van der Waals surface area contributed by atoms with E-state index >= 15 is 0 Å². The van der Waals surface area contributed by atoms with Crippen molar-refractivity contribution in [2.45, 2.75) is 39.3 Å². The van der Waals surface area contributed by atoms with Gasteiger partial charge in [0.25, 0.3) is 0 Å². The highest BCUT2D eigenvalue weighted by Gasteiger charge is 2.25. The lowest BCUT2D eigenvalue weighted by Gasteiger charge is -2.24. The van der Waals surface area contributed by atoms with Crippen molar-refractivity contribution in [3.05, 3.63) is 0 Å². The van der Waals surface area contributed by atoms with Gasteiger partial charge in [0.05, 0.1) is 11.6 Å². The average molecular weight is 188 g/mol. The van der Waals surface area contributed by atoms with Gasteiger partial charge in [0.15, 0.2) is 0 Å². The van der Waals surface area contributed by atoms with Crippen LogP contribution in [-0.4, -0.2) is 35.7 Å². The fraction of sp³-hybridized carbons (Fsp3) is 0.889. The summed E-state index contributed by atoms with van der Waals surface area (Å²) in [6.07, 6.45) is -0.499. The molecule has 0 aromatic rings. The van der Waals surface area contributed by atoms with Crippen molar-refractivity contribution in [2.24, 2.45) is 0 Å². The highest BCUT2D eigenvalue weighted by Crippen LogP contribution is 2.00. The van der Waals surface area contributed by atoms with Crippen LogP contribution in [0.3, 0.4) is 0 Å². The first kappa shape index (κ1) is 12.4. The van der Waals surface area contributed by atoms with Crippen LogP contribution < -0.4 is 10.6 Å². The van der Waals surface area contributed by atoms with Crippen molar-refractivity contribution < 1.29 is 9.90 Å². The number of likely N-dealkylation sites (N-methyl/N-ethyl adjacent to an activating group) is 1. The zero-order valence-corrected chi connectivity index (χ0v) is 8.85. The van der Waals surface area contributed by atoms with Crippen LogP contribution in [-0.2, 0) is 4.79 Å². The van der Waals surface area contributed by atoms with Crippen molar-refractivity contribution in [3.63, 3.8) is 0 Å². The third-order valence-electron chi connectivity index (χ3n) is 1.74. The summed E-state index contributed by atoms with van der Waals surface area (Å²) in [5.41, 5.74) is -0.566. The predicted molar refractivity (Wildman–Crippen MR) is 52.4 cm³/mol. The minimum Gasteiger partial charge on any atom is -0.392 e. The van der Waals surface area contributed by atoms with Gasteiger partial charge in [0.2, 0.25) is 5.91 Å². The van der Waals surface area contributed by atoms with Crippen molar-refractivity contribution in [3.8, 4) is 0 Å². The van der Waals surface area contributed by atoms with E-state index < -0.39 is 11.6 Å². The third kappa shape index (κ3) is 4.85. The van der Waals surface area contributed by atoms with Crippen molar-refractivity contribution >= 4 is 5.91 Å². The molecule has 0 bridgehead atoms. The molecule has 4 heteroatoms. The second-order valence-electron chi connectivity index (χ2n) is 3.71. The molecule has 0 fully saturated rings. The maximum atomic E-state index is 11.5. The molecule has 0 saturated carbocycles. The molecule has 0 aromatic heterocycles. The number of aliphatic hydroxyl groups is 1. The molecule has 0 spiro atoms. The normalized spacial score (nSPS) is 13.9. The molecule has 0 unspecified atom stereocenters. The molecule has 0 aliphatic carbocycles. The molecule has 0 aromatic carbocycles. The van der Waals surface area contributed by atoms with E-state index in [1.54, 1.807) is 6.92 Å². The Labute approximate surface area is 79.7 Å². The van der Waals surface area contributed by atoms with E-state index in [0.717, 1.165) is 6.54 Å². The van der Waals surface area contributed by atoms with Crippen molar-refractivity contribution in [1.82, 2.24) is 10.6 Å². The van der Waals surface area contributed by atoms with E-state index in [2.05, 4.69) is 10.6 Å². The fourth-order valence-electron chi connectivity index (χ4n) is 0.984. The highest BCUT2D eigenvalue weighted by molar-refractivity contribution is 5.85. The largest absolute Gasteiger partial charge is 0.392 e. The zero-order chi connectivity index (χ0) is 10.5. The Bertz CT molecular complexity index is 167. The van der Waals surface area contributed by atoms with Crippen LogP contribution >= 0.6 is 0 Å². The summed E-state index contributed by atoms with van der Waals surface area (Å²) in [6.45, 7) is 8.26. The van der Waals surface area contributed by atoms with Gasteiger partial charge >= 0.3 is 0 Å². The van der Waals surface area contributed by atoms with Crippen molar-refractivity contribution in [1.29, 1.82) is 0 Å². The van der Waals surface area contributed by atoms with E-state index in [-0.39, 0.29) is 5.91 Å². The van der Waals surface area contributed by atoms with Crippen LogP contribution in [0.1, 0.15) is 27.7 Å². The van der Waals surface area contributed by atoms with Gasteiger partial charge in [-0.2, -0.15) is 0 Å². The molecule has 0 heterocycles. The molecular formula is C9H20N2O2. The lowest BCUT2D eigenvalue weighted by molar-refractivity contribution is -0.126. The van der Waals surface area contributed by atoms with Crippen LogP contribution in [0, 0.1) is 0 Å². The molecule has 1 atom stereocenters. The summed E-state index contributed by atoms with van der Waals surface area (Å²) in [5.74, 6) is -0.0877. The first-order valence-electron chi connectivity index (χ1n) is 4.61. The zero-order valence-electron chi connectivity index (χ0n) is 8.85. The Morgan fingerprint density at radius 2 is 2.08 bits per heavy atom. The number of hydrogen-bond donors (Lipinski definition) is 3. The fourth-order valence-corrected chi connectivity index (χ4v) is 0.984. The van der Waals surface area contributed by atoms with Crippen LogP contribution in [0.25, 0.3) is 0 Å².